The Morgan fingerprint density at radius 3 is 2.75 bits per heavy atom. The van der Waals surface area contributed by atoms with Crippen molar-refractivity contribution in [1.29, 1.82) is 0 Å². The summed E-state index contributed by atoms with van der Waals surface area (Å²) in [5, 5.41) is 5.72. The van der Waals surface area contributed by atoms with Crippen molar-refractivity contribution < 1.29 is 0 Å². The van der Waals surface area contributed by atoms with E-state index in [0.29, 0.717) is 0 Å². The van der Waals surface area contributed by atoms with Crippen molar-refractivity contribution in [3.05, 3.63) is 60.3 Å². The van der Waals surface area contributed by atoms with Gasteiger partial charge in [0.2, 0.25) is 0 Å². The van der Waals surface area contributed by atoms with Gasteiger partial charge in [0.05, 0.1) is 16.9 Å². The zero-order valence-electron chi connectivity index (χ0n) is 9.01. The second-order valence-corrected chi connectivity index (χ2v) is 3.78. The average Bonchev–Trinajstić information content (AvgIpc) is 2.69. The van der Waals surface area contributed by atoms with Crippen LogP contribution in [0.25, 0.3) is 16.6 Å². The molecular formula is C14H11N2. The van der Waals surface area contributed by atoms with E-state index >= 15 is 0 Å². The highest BCUT2D eigenvalue weighted by Gasteiger charge is 2.06. The molecule has 2 aromatic carbocycles. The Bertz CT molecular complexity index is 624. The van der Waals surface area contributed by atoms with Crippen molar-refractivity contribution in [2.45, 2.75) is 6.92 Å². The normalized spacial score (nSPS) is 10.8. The van der Waals surface area contributed by atoms with Crippen LogP contribution in [0.4, 0.5) is 0 Å². The van der Waals surface area contributed by atoms with Crippen LogP contribution in [0.15, 0.2) is 48.5 Å². The second kappa shape index (κ2) is 3.49. The molecule has 0 aliphatic rings. The molecule has 3 aromatic rings. The van der Waals surface area contributed by atoms with E-state index in [1.54, 1.807) is 0 Å². The van der Waals surface area contributed by atoms with E-state index in [1.165, 1.54) is 0 Å². The van der Waals surface area contributed by atoms with E-state index in [9.17, 15) is 0 Å². The van der Waals surface area contributed by atoms with E-state index in [0.717, 1.165) is 22.3 Å². The lowest BCUT2D eigenvalue weighted by Crippen LogP contribution is -1.95. The van der Waals surface area contributed by atoms with Gasteiger partial charge in [-0.3, -0.25) is 0 Å². The minimum absolute atomic E-state index is 1.04. The van der Waals surface area contributed by atoms with Crippen LogP contribution in [0.3, 0.4) is 0 Å². The summed E-state index contributed by atoms with van der Waals surface area (Å²) in [7, 11) is 0. The first-order valence-electron chi connectivity index (χ1n) is 5.27. The van der Waals surface area contributed by atoms with Gasteiger partial charge in [-0.1, -0.05) is 24.3 Å². The number of hydrogen-bond donors (Lipinski definition) is 0. The van der Waals surface area contributed by atoms with Crippen molar-refractivity contribution in [2.75, 3.05) is 0 Å². The summed E-state index contributed by atoms with van der Waals surface area (Å²) >= 11 is 0. The Balaban J connectivity index is 2.33. The third-order valence-electron chi connectivity index (χ3n) is 2.71. The predicted octanol–water partition coefficient (Wildman–Crippen LogP) is 3.13. The van der Waals surface area contributed by atoms with Crippen LogP contribution in [0.2, 0.25) is 0 Å². The molecule has 0 saturated carbocycles. The smallest absolute Gasteiger partial charge is 0.0744 e. The van der Waals surface area contributed by atoms with Gasteiger partial charge in [-0.25, -0.2) is 4.68 Å². The van der Waals surface area contributed by atoms with Gasteiger partial charge in [0, 0.05) is 5.39 Å². The molecule has 0 bridgehead atoms. The third kappa shape index (κ3) is 1.31. The molecule has 1 heterocycles. The van der Waals surface area contributed by atoms with Crippen molar-refractivity contribution in [3.63, 3.8) is 0 Å². The lowest BCUT2D eigenvalue weighted by Gasteiger charge is -2.01. The Morgan fingerprint density at radius 2 is 1.94 bits per heavy atom. The first-order valence-corrected chi connectivity index (χ1v) is 5.27. The number of hydrogen-bond acceptors (Lipinski definition) is 1. The van der Waals surface area contributed by atoms with Gasteiger partial charge in [0.15, 0.2) is 0 Å². The summed E-state index contributed by atoms with van der Waals surface area (Å²) in [6.07, 6.45) is 0. The number of fused-ring (bicyclic) bond motifs is 1. The molecule has 1 aromatic heterocycles. The summed E-state index contributed by atoms with van der Waals surface area (Å²) in [5.74, 6) is 0. The van der Waals surface area contributed by atoms with Crippen LogP contribution >= 0.6 is 0 Å². The van der Waals surface area contributed by atoms with Gasteiger partial charge in [-0.15, -0.1) is 0 Å². The highest BCUT2D eigenvalue weighted by atomic mass is 15.3. The van der Waals surface area contributed by atoms with Gasteiger partial charge < -0.3 is 0 Å². The molecule has 16 heavy (non-hydrogen) atoms. The summed E-state index contributed by atoms with van der Waals surface area (Å²) in [6, 6.07) is 19.2. The Labute approximate surface area is 94.1 Å². The third-order valence-corrected chi connectivity index (χ3v) is 2.71. The number of aromatic nitrogens is 2. The van der Waals surface area contributed by atoms with Gasteiger partial charge in [0.25, 0.3) is 0 Å². The molecule has 0 atom stereocenters. The molecule has 0 fully saturated rings. The standard InChI is InChI=1S/C14H11N2/c1-11-13-9-5-6-10-14(13)16(15-11)12-7-3-2-4-8-12/h2-4,6-10H,1H3. The fraction of sp³-hybridized carbons (Fsp3) is 0.0714. The average molecular weight is 207 g/mol. The Kier molecular flexibility index (Phi) is 2.00. The molecule has 0 unspecified atom stereocenters. The van der Waals surface area contributed by atoms with Crippen LogP contribution in [0, 0.1) is 13.0 Å². The Hall–Kier alpha value is -2.09. The highest BCUT2D eigenvalue weighted by molar-refractivity contribution is 5.83. The van der Waals surface area contributed by atoms with Crippen molar-refractivity contribution in [3.8, 4) is 5.69 Å². The van der Waals surface area contributed by atoms with Gasteiger partial charge in [-0.2, -0.15) is 5.10 Å². The van der Waals surface area contributed by atoms with Gasteiger partial charge >= 0.3 is 0 Å². The van der Waals surface area contributed by atoms with E-state index < -0.39 is 0 Å². The first kappa shape index (κ1) is 9.16. The fourth-order valence-electron chi connectivity index (χ4n) is 1.92. The van der Waals surface area contributed by atoms with Crippen LogP contribution in [-0.4, -0.2) is 9.78 Å². The van der Waals surface area contributed by atoms with Crippen LogP contribution in [-0.2, 0) is 0 Å². The topological polar surface area (TPSA) is 17.8 Å². The van der Waals surface area contributed by atoms with Crippen molar-refractivity contribution >= 4 is 10.9 Å². The maximum Gasteiger partial charge on any atom is 0.0744 e. The molecule has 0 amide bonds. The number of rotatable bonds is 1. The van der Waals surface area contributed by atoms with Crippen LogP contribution in [0.5, 0.6) is 0 Å². The largest absolute Gasteiger partial charge is 0.233 e. The predicted molar refractivity (Wildman–Crippen MR) is 64.6 cm³/mol. The molecule has 0 N–H and O–H groups in total. The molecule has 2 heteroatoms. The fourth-order valence-corrected chi connectivity index (χ4v) is 1.92. The molecule has 77 valence electrons. The van der Waals surface area contributed by atoms with E-state index in [2.05, 4.69) is 23.3 Å². The summed E-state index contributed by atoms with van der Waals surface area (Å²) in [5.41, 5.74) is 3.25. The maximum atomic E-state index is 4.56. The number of benzene rings is 2. The van der Waals surface area contributed by atoms with E-state index in [-0.39, 0.29) is 0 Å². The number of aryl methyl sites for hydroxylation is 1. The first-order chi connectivity index (χ1) is 7.86. The zero-order valence-corrected chi connectivity index (χ0v) is 9.01. The van der Waals surface area contributed by atoms with E-state index in [4.69, 9.17) is 0 Å². The Morgan fingerprint density at radius 1 is 1.12 bits per heavy atom. The number of nitrogens with zero attached hydrogens (tertiary/aromatic N) is 2. The quantitative estimate of drug-likeness (QED) is 0.599. The summed E-state index contributed by atoms with van der Waals surface area (Å²) in [6.45, 7) is 2.02. The zero-order chi connectivity index (χ0) is 11.0. The molecule has 0 spiro atoms. The van der Waals surface area contributed by atoms with Gasteiger partial charge in [-0.05, 0) is 37.3 Å². The molecule has 2 nitrogen and oxygen atoms in total. The molecule has 1 radical (unpaired) electrons. The minimum Gasteiger partial charge on any atom is -0.233 e. The second-order valence-electron chi connectivity index (χ2n) is 3.78. The maximum absolute atomic E-state index is 4.56. The molecule has 0 aliphatic carbocycles. The van der Waals surface area contributed by atoms with Crippen LogP contribution < -0.4 is 0 Å². The van der Waals surface area contributed by atoms with E-state index in [1.807, 2.05) is 48.0 Å². The SMILES string of the molecule is Cc1nn(-c2ccccc2)c2cc[c]cc12. The molecular weight excluding hydrogens is 196 g/mol. The van der Waals surface area contributed by atoms with Crippen molar-refractivity contribution in [2.24, 2.45) is 0 Å². The summed E-state index contributed by atoms with van der Waals surface area (Å²) < 4.78 is 1.97. The number of para-hydroxylation sites is 1. The minimum atomic E-state index is 1.04. The summed E-state index contributed by atoms with van der Waals surface area (Å²) in [4.78, 5) is 0. The van der Waals surface area contributed by atoms with Crippen molar-refractivity contribution in [1.82, 2.24) is 9.78 Å². The highest BCUT2D eigenvalue weighted by Crippen LogP contribution is 2.20. The lowest BCUT2D eigenvalue weighted by molar-refractivity contribution is 0.889. The monoisotopic (exact) mass is 207 g/mol. The van der Waals surface area contributed by atoms with Crippen LogP contribution in [0.1, 0.15) is 5.69 Å². The van der Waals surface area contributed by atoms with Gasteiger partial charge in [0.1, 0.15) is 0 Å². The molecule has 3 rings (SSSR count). The lowest BCUT2D eigenvalue weighted by atomic mass is 10.2. The molecule has 0 saturated heterocycles. The molecule has 0 aliphatic heterocycles.